The standard InChI is InChI=1S/C41H36N4O10/c46-26-14-10-24(11-15-26)20-32(40(52)53)42-38(50)36(48)30-22-44(34-8-3-1-6-28(30)34)18-5-19-45-23-31(29-7-2-4-9-35(29)45)37(49)39(51)43-33(41(54)55)21-25-12-16-27(47)17-13-25/h1-4,6-17,22-23,32-33,46-47H,5,18-21H2,(H,42,50)(H,43,51)(H,52,53)(H,54,55)/t32-,33-/m0/s1. The Bertz CT molecular complexity index is 2260. The molecular weight excluding hydrogens is 708 g/mol. The first-order chi connectivity index (χ1) is 26.4. The van der Waals surface area contributed by atoms with Crippen molar-refractivity contribution in [2.75, 3.05) is 0 Å². The van der Waals surface area contributed by atoms with E-state index < -0.39 is 47.4 Å². The van der Waals surface area contributed by atoms with Gasteiger partial charge in [0.1, 0.15) is 23.6 Å². The first-order valence-corrected chi connectivity index (χ1v) is 17.3. The van der Waals surface area contributed by atoms with Gasteiger partial charge >= 0.3 is 11.9 Å². The van der Waals surface area contributed by atoms with Crippen molar-refractivity contribution in [2.24, 2.45) is 0 Å². The molecule has 0 radical (unpaired) electrons. The van der Waals surface area contributed by atoms with Crippen molar-refractivity contribution in [2.45, 2.75) is 44.4 Å². The van der Waals surface area contributed by atoms with E-state index in [0.717, 1.165) is 0 Å². The van der Waals surface area contributed by atoms with Crippen LogP contribution >= 0.6 is 0 Å². The fraction of sp³-hybridized carbons (Fsp3) is 0.171. The highest BCUT2D eigenvalue weighted by molar-refractivity contribution is 6.45. The topological polar surface area (TPSA) is 217 Å². The summed E-state index contributed by atoms with van der Waals surface area (Å²) >= 11 is 0. The van der Waals surface area contributed by atoms with Crippen molar-refractivity contribution in [1.29, 1.82) is 0 Å². The molecule has 4 aromatic carbocycles. The quantitative estimate of drug-likeness (QED) is 0.0616. The van der Waals surface area contributed by atoms with Crippen molar-refractivity contribution in [3.8, 4) is 11.5 Å². The van der Waals surface area contributed by atoms with E-state index in [4.69, 9.17) is 0 Å². The highest BCUT2D eigenvalue weighted by atomic mass is 16.4. The molecule has 0 aliphatic rings. The number of phenols is 2. The van der Waals surface area contributed by atoms with Crippen LogP contribution in [0.2, 0.25) is 0 Å². The molecule has 0 saturated heterocycles. The van der Waals surface area contributed by atoms with Gasteiger partial charge < -0.3 is 40.2 Å². The van der Waals surface area contributed by atoms with Gasteiger partial charge in [-0.25, -0.2) is 9.59 Å². The van der Waals surface area contributed by atoms with Crippen molar-refractivity contribution in [3.63, 3.8) is 0 Å². The van der Waals surface area contributed by atoms with Crippen LogP contribution in [0.1, 0.15) is 38.3 Å². The summed E-state index contributed by atoms with van der Waals surface area (Å²) in [5, 5.41) is 44.2. The molecule has 6 rings (SSSR count). The number of aliphatic carboxylic acids is 2. The summed E-state index contributed by atoms with van der Waals surface area (Å²) in [6, 6.07) is 22.9. The molecule has 0 saturated carbocycles. The Hall–Kier alpha value is -7.22. The van der Waals surface area contributed by atoms with Crippen molar-refractivity contribution in [1.82, 2.24) is 19.8 Å². The summed E-state index contributed by atoms with van der Waals surface area (Å²) in [5.74, 6) is -6.61. The number of hydrogen-bond donors (Lipinski definition) is 6. The number of hydrogen-bond acceptors (Lipinski definition) is 8. The van der Waals surface area contributed by atoms with Crippen LogP contribution in [0.5, 0.6) is 11.5 Å². The van der Waals surface area contributed by atoms with Crippen LogP contribution < -0.4 is 10.6 Å². The highest BCUT2D eigenvalue weighted by Gasteiger charge is 2.29. The maximum Gasteiger partial charge on any atom is 0.326 e. The van der Waals surface area contributed by atoms with Crippen LogP contribution in [0.3, 0.4) is 0 Å². The largest absolute Gasteiger partial charge is 0.508 e. The molecule has 0 aliphatic carbocycles. The molecule has 14 heteroatoms. The first kappa shape index (κ1) is 37.5. The third-order valence-corrected chi connectivity index (χ3v) is 9.24. The lowest BCUT2D eigenvalue weighted by atomic mass is 10.0. The van der Waals surface area contributed by atoms with Crippen molar-refractivity contribution in [3.05, 3.63) is 132 Å². The Morgan fingerprint density at radius 1 is 0.527 bits per heavy atom. The average Bonchev–Trinajstić information content (AvgIpc) is 3.73. The van der Waals surface area contributed by atoms with Crippen molar-refractivity contribution < 1.29 is 49.2 Å². The molecule has 0 aliphatic heterocycles. The summed E-state index contributed by atoms with van der Waals surface area (Å²) in [5.41, 5.74) is 2.61. The minimum atomic E-state index is -1.39. The van der Waals surface area contributed by atoms with Crippen LogP contribution in [0.15, 0.2) is 109 Å². The number of Topliss-reactive ketones (excluding diaryl/α,β-unsaturated/α-hetero) is 2. The molecule has 2 heterocycles. The number of carbonyl (C=O) groups excluding carboxylic acids is 4. The number of rotatable bonds is 16. The van der Waals surface area contributed by atoms with Crippen molar-refractivity contribution >= 4 is 57.1 Å². The average molecular weight is 745 g/mol. The number of nitrogens with zero attached hydrogens (tertiary/aromatic N) is 2. The number of aromatic nitrogens is 2. The predicted molar refractivity (Wildman–Crippen MR) is 200 cm³/mol. The molecule has 0 bridgehead atoms. The number of amides is 2. The zero-order valence-corrected chi connectivity index (χ0v) is 29.2. The lowest BCUT2D eigenvalue weighted by molar-refractivity contribution is -0.141. The van der Waals surface area contributed by atoms with E-state index in [2.05, 4.69) is 10.6 Å². The highest BCUT2D eigenvalue weighted by Crippen LogP contribution is 2.25. The minimum Gasteiger partial charge on any atom is -0.508 e. The number of carboxylic acids is 2. The van der Waals surface area contributed by atoms with E-state index in [0.29, 0.717) is 52.4 Å². The second-order valence-corrected chi connectivity index (χ2v) is 13.0. The van der Waals surface area contributed by atoms with E-state index in [-0.39, 0.29) is 35.5 Å². The Balaban J connectivity index is 1.15. The van der Waals surface area contributed by atoms with Gasteiger partial charge in [0.05, 0.1) is 11.1 Å². The number of carboxylic acid groups (broad SMARTS) is 2. The first-order valence-electron chi connectivity index (χ1n) is 17.3. The van der Waals surface area contributed by atoms with E-state index in [1.165, 1.54) is 48.5 Å². The van der Waals surface area contributed by atoms with Gasteiger partial charge in [0.15, 0.2) is 0 Å². The Morgan fingerprint density at radius 2 is 0.891 bits per heavy atom. The zero-order chi connectivity index (χ0) is 39.2. The molecule has 280 valence electrons. The Kier molecular flexibility index (Phi) is 11.1. The maximum absolute atomic E-state index is 13.4. The maximum atomic E-state index is 13.4. The third kappa shape index (κ3) is 8.54. The lowest BCUT2D eigenvalue weighted by Crippen LogP contribution is -2.45. The number of nitrogens with one attached hydrogen (secondary N) is 2. The molecule has 2 atom stereocenters. The number of para-hydroxylation sites is 2. The normalized spacial score (nSPS) is 12.2. The second kappa shape index (κ2) is 16.2. The lowest BCUT2D eigenvalue weighted by Gasteiger charge is -2.14. The van der Waals surface area contributed by atoms with Gasteiger partial charge in [-0.1, -0.05) is 60.7 Å². The molecule has 2 amide bonds. The molecule has 6 aromatic rings. The summed E-state index contributed by atoms with van der Waals surface area (Å²) in [4.78, 5) is 77.0. The van der Waals surface area contributed by atoms with Crippen LogP contribution in [-0.4, -0.2) is 77.0 Å². The molecule has 55 heavy (non-hydrogen) atoms. The van der Waals surface area contributed by atoms with Crippen LogP contribution in [-0.2, 0) is 45.1 Å². The van der Waals surface area contributed by atoms with Crippen LogP contribution in [0.25, 0.3) is 21.8 Å². The van der Waals surface area contributed by atoms with Gasteiger partial charge in [-0.15, -0.1) is 0 Å². The molecular formula is C41H36N4O10. The molecule has 0 unspecified atom stereocenters. The number of aromatic hydroxyl groups is 2. The predicted octanol–water partition coefficient (Wildman–Crippen LogP) is 4.09. The van der Waals surface area contributed by atoms with Gasteiger partial charge in [-0.2, -0.15) is 0 Å². The number of fused-ring (bicyclic) bond motifs is 2. The smallest absolute Gasteiger partial charge is 0.326 e. The Labute approximate surface area is 313 Å². The molecule has 2 aromatic heterocycles. The van der Waals surface area contributed by atoms with Crippen LogP contribution in [0.4, 0.5) is 0 Å². The van der Waals surface area contributed by atoms with E-state index in [1.807, 2.05) is 9.13 Å². The molecule has 0 fully saturated rings. The summed E-state index contributed by atoms with van der Waals surface area (Å²) in [7, 11) is 0. The monoisotopic (exact) mass is 744 g/mol. The van der Waals surface area contributed by atoms with Gasteiger partial charge in [-0.05, 0) is 53.9 Å². The zero-order valence-electron chi connectivity index (χ0n) is 29.2. The number of aryl methyl sites for hydroxylation is 2. The fourth-order valence-corrected chi connectivity index (χ4v) is 6.46. The number of phenolic OH excluding ortho intramolecular Hbond substituents is 2. The number of benzene rings is 4. The Morgan fingerprint density at radius 3 is 1.25 bits per heavy atom. The van der Waals surface area contributed by atoms with E-state index >= 15 is 0 Å². The van der Waals surface area contributed by atoms with Gasteiger partial charge in [0, 0.05) is 60.1 Å². The SMILES string of the molecule is O=C(N[C@@H](Cc1ccc(O)cc1)C(=O)O)C(=O)c1cn(CCCn2cc(C(=O)C(=O)N[C@@H](Cc3ccc(O)cc3)C(=O)O)c3ccccc32)c2ccccc12. The molecule has 14 nitrogen and oxygen atoms in total. The van der Waals surface area contributed by atoms with E-state index in [9.17, 15) is 49.2 Å². The van der Waals surface area contributed by atoms with E-state index in [1.54, 1.807) is 60.9 Å². The number of ketones is 2. The fourth-order valence-electron chi connectivity index (χ4n) is 6.46. The summed E-state index contributed by atoms with van der Waals surface area (Å²) in [6.07, 6.45) is 3.37. The summed E-state index contributed by atoms with van der Waals surface area (Å²) < 4.78 is 3.62. The number of carbonyl (C=O) groups is 6. The minimum absolute atomic E-state index is 0.00400. The van der Waals surface area contributed by atoms with Gasteiger partial charge in [-0.3, -0.25) is 19.2 Å². The summed E-state index contributed by atoms with van der Waals surface area (Å²) in [6.45, 7) is 0.754. The van der Waals surface area contributed by atoms with Gasteiger partial charge in [0.25, 0.3) is 23.4 Å². The molecule has 6 N–H and O–H groups in total. The second-order valence-electron chi connectivity index (χ2n) is 13.0. The van der Waals surface area contributed by atoms with Gasteiger partial charge in [0.2, 0.25) is 0 Å². The third-order valence-electron chi connectivity index (χ3n) is 9.24. The van der Waals surface area contributed by atoms with Crippen LogP contribution in [0, 0.1) is 0 Å². The molecule has 0 spiro atoms.